The molecule has 1 unspecified atom stereocenters. The fraction of sp³-hybridized carbons (Fsp3) is 0.647. The van der Waals surface area contributed by atoms with Crippen LogP contribution in [0.15, 0.2) is 18.2 Å². The molecule has 0 spiro atoms. The standard InChI is InChI=1S/C17H29NO3/c1-12(2)17(5,19)11-21-16-14(10-18-13(3)4)8-7-9-15(16)20-6/h7-9,12-13,18-19H,10-11H2,1-6H3. The van der Waals surface area contributed by atoms with Crippen molar-refractivity contribution in [2.24, 2.45) is 5.92 Å². The number of methoxy groups -OCH3 is 1. The second-order valence-corrected chi connectivity index (χ2v) is 6.28. The molecule has 4 heteroatoms. The Hall–Kier alpha value is -1.26. The predicted octanol–water partition coefficient (Wildman–Crippen LogP) is 2.98. The highest BCUT2D eigenvalue weighted by Gasteiger charge is 2.27. The first-order valence-corrected chi connectivity index (χ1v) is 7.52. The highest BCUT2D eigenvalue weighted by Crippen LogP contribution is 2.32. The molecule has 0 radical (unpaired) electrons. The molecule has 0 saturated carbocycles. The molecule has 1 atom stereocenters. The molecule has 21 heavy (non-hydrogen) atoms. The lowest BCUT2D eigenvalue weighted by Crippen LogP contribution is -2.38. The number of para-hydroxylation sites is 1. The van der Waals surface area contributed by atoms with Crippen molar-refractivity contribution >= 4 is 0 Å². The lowest BCUT2D eigenvalue weighted by atomic mass is 9.94. The Labute approximate surface area is 128 Å². The minimum atomic E-state index is -0.871. The van der Waals surface area contributed by atoms with Gasteiger partial charge in [0.15, 0.2) is 11.5 Å². The first-order valence-electron chi connectivity index (χ1n) is 7.52. The van der Waals surface area contributed by atoms with Crippen molar-refractivity contribution in [3.8, 4) is 11.5 Å². The van der Waals surface area contributed by atoms with Crippen molar-refractivity contribution in [1.29, 1.82) is 0 Å². The van der Waals surface area contributed by atoms with E-state index in [0.29, 0.717) is 24.1 Å². The summed E-state index contributed by atoms with van der Waals surface area (Å²) in [5.41, 5.74) is 0.159. The molecule has 0 aromatic heterocycles. The zero-order valence-electron chi connectivity index (χ0n) is 14.1. The predicted molar refractivity (Wildman–Crippen MR) is 85.9 cm³/mol. The number of hydrogen-bond acceptors (Lipinski definition) is 4. The van der Waals surface area contributed by atoms with E-state index in [1.807, 2.05) is 32.0 Å². The van der Waals surface area contributed by atoms with Crippen LogP contribution in [0.1, 0.15) is 40.2 Å². The van der Waals surface area contributed by atoms with E-state index >= 15 is 0 Å². The van der Waals surface area contributed by atoms with Gasteiger partial charge in [0.25, 0.3) is 0 Å². The zero-order valence-corrected chi connectivity index (χ0v) is 14.1. The average molecular weight is 295 g/mol. The van der Waals surface area contributed by atoms with E-state index < -0.39 is 5.60 Å². The first-order chi connectivity index (χ1) is 9.77. The Balaban J connectivity index is 2.91. The highest BCUT2D eigenvalue weighted by atomic mass is 16.5. The minimum absolute atomic E-state index is 0.115. The van der Waals surface area contributed by atoms with Gasteiger partial charge in [0.1, 0.15) is 6.61 Å². The summed E-state index contributed by atoms with van der Waals surface area (Å²) >= 11 is 0. The first kappa shape index (κ1) is 17.8. The van der Waals surface area contributed by atoms with Gasteiger partial charge in [-0.3, -0.25) is 0 Å². The third kappa shape index (κ3) is 5.21. The van der Waals surface area contributed by atoms with Crippen LogP contribution in [0.2, 0.25) is 0 Å². The SMILES string of the molecule is COc1cccc(CNC(C)C)c1OCC(C)(O)C(C)C. The Morgan fingerprint density at radius 1 is 1.24 bits per heavy atom. The van der Waals surface area contributed by atoms with E-state index in [1.54, 1.807) is 14.0 Å². The zero-order chi connectivity index (χ0) is 16.0. The number of ether oxygens (including phenoxy) is 2. The van der Waals surface area contributed by atoms with Gasteiger partial charge in [0, 0.05) is 18.2 Å². The Morgan fingerprint density at radius 3 is 2.43 bits per heavy atom. The smallest absolute Gasteiger partial charge is 0.165 e. The summed E-state index contributed by atoms with van der Waals surface area (Å²) < 4.78 is 11.3. The molecule has 120 valence electrons. The van der Waals surface area contributed by atoms with Gasteiger partial charge in [0.05, 0.1) is 12.7 Å². The van der Waals surface area contributed by atoms with Crippen LogP contribution in [0.25, 0.3) is 0 Å². The number of hydrogen-bond donors (Lipinski definition) is 2. The average Bonchev–Trinajstić information content (AvgIpc) is 2.42. The monoisotopic (exact) mass is 295 g/mol. The molecule has 0 aliphatic heterocycles. The van der Waals surface area contributed by atoms with E-state index in [-0.39, 0.29) is 12.5 Å². The van der Waals surface area contributed by atoms with Gasteiger partial charge in [-0.25, -0.2) is 0 Å². The number of aliphatic hydroxyl groups is 1. The van der Waals surface area contributed by atoms with Crippen LogP contribution in [-0.2, 0) is 6.54 Å². The molecule has 0 bridgehead atoms. The summed E-state index contributed by atoms with van der Waals surface area (Å²) in [5.74, 6) is 1.51. The summed E-state index contributed by atoms with van der Waals surface area (Å²) in [7, 11) is 1.63. The molecule has 1 aromatic carbocycles. The van der Waals surface area contributed by atoms with Gasteiger partial charge in [-0.1, -0.05) is 39.8 Å². The van der Waals surface area contributed by atoms with Crippen LogP contribution in [0.4, 0.5) is 0 Å². The van der Waals surface area contributed by atoms with E-state index in [1.165, 1.54) is 0 Å². The summed E-state index contributed by atoms with van der Waals surface area (Å²) in [4.78, 5) is 0. The maximum Gasteiger partial charge on any atom is 0.165 e. The molecule has 2 N–H and O–H groups in total. The molecule has 1 rings (SSSR count). The third-order valence-electron chi connectivity index (χ3n) is 3.73. The largest absolute Gasteiger partial charge is 0.493 e. The Kier molecular flexibility index (Phi) is 6.49. The van der Waals surface area contributed by atoms with Gasteiger partial charge < -0.3 is 19.9 Å². The van der Waals surface area contributed by atoms with Gasteiger partial charge >= 0.3 is 0 Å². The summed E-state index contributed by atoms with van der Waals surface area (Å²) in [6, 6.07) is 6.22. The van der Waals surface area contributed by atoms with Crippen molar-refractivity contribution < 1.29 is 14.6 Å². The second-order valence-electron chi connectivity index (χ2n) is 6.28. The van der Waals surface area contributed by atoms with E-state index in [0.717, 1.165) is 5.56 Å². The van der Waals surface area contributed by atoms with Crippen LogP contribution in [0.5, 0.6) is 11.5 Å². The molecule has 0 heterocycles. The molecule has 4 nitrogen and oxygen atoms in total. The second kappa shape index (κ2) is 7.66. The van der Waals surface area contributed by atoms with Gasteiger partial charge in [-0.2, -0.15) is 0 Å². The summed E-state index contributed by atoms with van der Waals surface area (Å²) in [6.45, 7) is 10.9. The minimum Gasteiger partial charge on any atom is -0.493 e. The number of benzene rings is 1. The fourth-order valence-electron chi connectivity index (χ4n) is 1.72. The summed E-state index contributed by atoms with van der Waals surface area (Å²) in [5, 5.41) is 13.7. The van der Waals surface area contributed by atoms with Crippen molar-refractivity contribution in [3.63, 3.8) is 0 Å². The highest BCUT2D eigenvalue weighted by molar-refractivity contribution is 5.46. The quantitative estimate of drug-likeness (QED) is 0.774. The van der Waals surface area contributed by atoms with Crippen molar-refractivity contribution in [2.75, 3.05) is 13.7 Å². The van der Waals surface area contributed by atoms with Gasteiger partial charge in [0.2, 0.25) is 0 Å². The normalized spacial score (nSPS) is 14.3. The Bertz CT molecular complexity index is 442. The van der Waals surface area contributed by atoms with E-state index in [9.17, 15) is 5.11 Å². The third-order valence-corrected chi connectivity index (χ3v) is 3.73. The van der Waals surface area contributed by atoms with Crippen LogP contribution < -0.4 is 14.8 Å². The molecule has 0 fully saturated rings. The van der Waals surface area contributed by atoms with Crippen LogP contribution in [-0.4, -0.2) is 30.5 Å². The van der Waals surface area contributed by atoms with Gasteiger partial charge in [-0.05, 0) is 18.9 Å². The topological polar surface area (TPSA) is 50.7 Å². The van der Waals surface area contributed by atoms with Crippen molar-refractivity contribution in [2.45, 2.75) is 52.8 Å². The maximum atomic E-state index is 10.3. The van der Waals surface area contributed by atoms with Crippen molar-refractivity contribution in [3.05, 3.63) is 23.8 Å². The molecular weight excluding hydrogens is 266 g/mol. The van der Waals surface area contributed by atoms with E-state index in [2.05, 4.69) is 19.2 Å². The molecule has 0 aliphatic rings. The fourth-order valence-corrected chi connectivity index (χ4v) is 1.72. The lowest BCUT2D eigenvalue weighted by Gasteiger charge is -2.28. The Morgan fingerprint density at radius 2 is 1.90 bits per heavy atom. The van der Waals surface area contributed by atoms with Crippen LogP contribution in [0.3, 0.4) is 0 Å². The molecule has 0 amide bonds. The maximum absolute atomic E-state index is 10.3. The molecule has 0 saturated heterocycles. The van der Waals surface area contributed by atoms with Crippen LogP contribution >= 0.6 is 0 Å². The molecule has 0 aliphatic carbocycles. The summed E-state index contributed by atoms with van der Waals surface area (Å²) in [6.07, 6.45) is 0. The molecular formula is C17H29NO3. The number of nitrogens with one attached hydrogen (secondary N) is 1. The lowest BCUT2D eigenvalue weighted by molar-refractivity contribution is -0.0274. The number of rotatable bonds is 8. The van der Waals surface area contributed by atoms with E-state index in [4.69, 9.17) is 9.47 Å². The molecule has 1 aromatic rings. The van der Waals surface area contributed by atoms with Crippen LogP contribution in [0, 0.1) is 5.92 Å². The van der Waals surface area contributed by atoms with Crippen molar-refractivity contribution in [1.82, 2.24) is 5.32 Å². The van der Waals surface area contributed by atoms with Gasteiger partial charge in [-0.15, -0.1) is 0 Å².